The van der Waals surface area contributed by atoms with E-state index < -0.39 is 0 Å². The van der Waals surface area contributed by atoms with E-state index in [1.165, 1.54) is 0 Å². The Hall–Kier alpha value is -3.34. The first-order valence-corrected chi connectivity index (χ1v) is 8.91. The number of nitrogens with one attached hydrogen (secondary N) is 1. The molecular formula is C22H20N2O3. The number of nitrogens with zero attached hydrogens (tertiary/aromatic N) is 1. The van der Waals surface area contributed by atoms with Crippen molar-refractivity contribution in [1.82, 2.24) is 9.88 Å². The lowest BCUT2D eigenvalue weighted by atomic mass is 10.1. The quantitative estimate of drug-likeness (QED) is 0.777. The molecule has 1 aliphatic heterocycles. The molecule has 3 aromatic rings. The van der Waals surface area contributed by atoms with Crippen LogP contribution in [0.15, 0.2) is 71.5 Å². The summed E-state index contributed by atoms with van der Waals surface area (Å²) in [6.07, 6.45) is -0.0431. The number of likely N-dealkylation sites (tertiary alicyclic amines) is 1. The Morgan fingerprint density at radius 3 is 2.52 bits per heavy atom. The molecule has 0 atom stereocenters. The summed E-state index contributed by atoms with van der Waals surface area (Å²) in [6.45, 7) is 2.97. The van der Waals surface area contributed by atoms with Crippen LogP contribution in [-0.4, -0.2) is 35.0 Å². The van der Waals surface area contributed by atoms with Gasteiger partial charge in [-0.05, 0) is 42.3 Å². The molecule has 1 saturated heterocycles. The predicted octanol–water partition coefficient (Wildman–Crippen LogP) is 3.25. The minimum atomic E-state index is -0.371. The van der Waals surface area contributed by atoms with Crippen LogP contribution in [0.2, 0.25) is 0 Å². The van der Waals surface area contributed by atoms with E-state index in [4.69, 9.17) is 4.74 Å². The first-order chi connectivity index (χ1) is 13.1. The lowest BCUT2D eigenvalue weighted by Crippen LogP contribution is -2.56. The number of aromatic nitrogens is 1. The van der Waals surface area contributed by atoms with Crippen molar-refractivity contribution >= 4 is 5.91 Å². The fourth-order valence-electron chi connectivity index (χ4n) is 3.16. The predicted molar refractivity (Wildman–Crippen MR) is 104 cm³/mol. The Balaban J connectivity index is 1.41. The normalized spacial score (nSPS) is 13.9. The second kappa shape index (κ2) is 7.11. The number of carbonyl (C=O) groups excluding carboxylic acids is 1. The molecule has 0 unspecified atom stereocenters. The van der Waals surface area contributed by atoms with Crippen molar-refractivity contribution in [3.05, 3.63) is 88.2 Å². The number of carbonyl (C=O) groups is 1. The van der Waals surface area contributed by atoms with Gasteiger partial charge in [0.25, 0.3) is 11.5 Å². The van der Waals surface area contributed by atoms with Gasteiger partial charge in [-0.25, -0.2) is 0 Å². The molecule has 1 N–H and O–H groups in total. The molecule has 1 fully saturated rings. The molecule has 1 aliphatic rings. The van der Waals surface area contributed by atoms with Gasteiger partial charge in [-0.1, -0.05) is 42.5 Å². The van der Waals surface area contributed by atoms with E-state index in [0.29, 0.717) is 18.8 Å². The third-order valence-electron chi connectivity index (χ3n) is 4.65. The van der Waals surface area contributed by atoms with Crippen molar-refractivity contribution < 1.29 is 9.53 Å². The van der Waals surface area contributed by atoms with Crippen LogP contribution in [0.25, 0.3) is 11.3 Å². The summed E-state index contributed by atoms with van der Waals surface area (Å²) in [5.41, 5.74) is 2.52. The van der Waals surface area contributed by atoms with Crippen molar-refractivity contribution in [2.45, 2.75) is 13.0 Å². The Morgan fingerprint density at radius 1 is 1.04 bits per heavy atom. The molecule has 0 radical (unpaired) electrons. The number of benzene rings is 2. The van der Waals surface area contributed by atoms with Crippen LogP contribution >= 0.6 is 0 Å². The monoisotopic (exact) mass is 360 g/mol. The maximum atomic E-state index is 12.6. The molecule has 2 heterocycles. The van der Waals surface area contributed by atoms with Crippen LogP contribution in [0, 0.1) is 6.92 Å². The lowest BCUT2D eigenvalue weighted by molar-refractivity contribution is 0.0176. The van der Waals surface area contributed by atoms with Crippen LogP contribution in [0.1, 0.15) is 15.9 Å². The fraction of sp³-hybridized carbons (Fsp3) is 0.182. The maximum absolute atomic E-state index is 12.6. The van der Waals surface area contributed by atoms with Gasteiger partial charge in [0.15, 0.2) is 0 Å². The average Bonchev–Trinajstić information content (AvgIpc) is 2.64. The maximum Gasteiger partial charge on any atom is 0.261 e. The molecular weight excluding hydrogens is 340 g/mol. The molecule has 0 saturated carbocycles. The molecule has 4 rings (SSSR count). The Morgan fingerprint density at radius 2 is 1.81 bits per heavy atom. The first kappa shape index (κ1) is 17.1. The van der Waals surface area contributed by atoms with E-state index in [0.717, 1.165) is 16.9 Å². The minimum absolute atomic E-state index is 0.0431. The second-order valence-corrected chi connectivity index (χ2v) is 6.75. The van der Waals surface area contributed by atoms with Gasteiger partial charge in [0.05, 0.1) is 13.1 Å². The number of H-pyrrole nitrogens is 1. The molecule has 5 heteroatoms. The van der Waals surface area contributed by atoms with Crippen LogP contribution in [0.5, 0.6) is 5.75 Å². The molecule has 2 aromatic carbocycles. The molecule has 0 spiro atoms. The standard InChI is InChI=1S/C22H20N2O3/c1-15-6-5-9-17(12-15)27-18-13-24(14-18)22(26)19-10-11-20(23-21(19)25)16-7-3-2-4-8-16/h2-12,18H,13-14H2,1H3,(H,23,25). The summed E-state index contributed by atoms with van der Waals surface area (Å²) in [5, 5.41) is 0. The number of aromatic amines is 1. The van der Waals surface area contributed by atoms with Gasteiger partial charge in [0.2, 0.25) is 0 Å². The Bertz CT molecular complexity index is 1020. The van der Waals surface area contributed by atoms with Crippen LogP contribution < -0.4 is 10.3 Å². The number of ether oxygens (including phenoxy) is 1. The molecule has 5 nitrogen and oxygen atoms in total. The number of amides is 1. The highest BCUT2D eigenvalue weighted by Gasteiger charge is 2.33. The van der Waals surface area contributed by atoms with E-state index in [-0.39, 0.29) is 23.1 Å². The molecule has 27 heavy (non-hydrogen) atoms. The van der Waals surface area contributed by atoms with E-state index in [1.54, 1.807) is 17.0 Å². The van der Waals surface area contributed by atoms with Crippen LogP contribution in [0.3, 0.4) is 0 Å². The fourth-order valence-corrected chi connectivity index (χ4v) is 3.16. The van der Waals surface area contributed by atoms with Gasteiger partial charge in [-0.3, -0.25) is 9.59 Å². The highest BCUT2D eigenvalue weighted by Crippen LogP contribution is 2.21. The van der Waals surface area contributed by atoms with Crippen molar-refractivity contribution in [2.24, 2.45) is 0 Å². The topological polar surface area (TPSA) is 62.4 Å². The van der Waals surface area contributed by atoms with Crippen LogP contribution in [0.4, 0.5) is 0 Å². The van der Waals surface area contributed by atoms with Crippen molar-refractivity contribution in [3.8, 4) is 17.0 Å². The summed E-state index contributed by atoms with van der Waals surface area (Å²) in [6, 6.07) is 20.7. The molecule has 136 valence electrons. The zero-order chi connectivity index (χ0) is 18.8. The minimum Gasteiger partial charge on any atom is -0.487 e. The summed E-state index contributed by atoms with van der Waals surface area (Å²) in [4.78, 5) is 29.4. The number of rotatable bonds is 4. The summed E-state index contributed by atoms with van der Waals surface area (Å²) < 4.78 is 5.87. The second-order valence-electron chi connectivity index (χ2n) is 6.75. The van der Waals surface area contributed by atoms with Crippen molar-refractivity contribution in [3.63, 3.8) is 0 Å². The number of pyridine rings is 1. The van der Waals surface area contributed by atoms with Gasteiger partial charge in [0.1, 0.15) is 17.4 Å². The van der Waals surface area contributed by atoms with Crippen molar-refractivity contribution in [2.75, 3.05) is 13.1 Å². The van der Waals surface area contributed by atoms with Gasteiger partial charge in [0, 0.05) is 5.69 Å². The van der Waals surface area contributed by atoms with Crippen molar-refractivity contribution in [1.29, 1.82) is 0 Å². The van der Waals surface area contributed by atoms with Crippen LogP contribution in [-0.2, 0) is 0 Å². The van der Waals surface area contributed by atoms with Gasteiger partial charge < -0.3 is 14.6 Å². The van der Waals surface area contributed by atoms with E-state index in [1.807, 2.05) is 61.5 Å². The summed E-state index contributed by atoms with van der Waals surface area (Å²) >= 11 is 0. The van der Waals surface area contributed by atoms with Gasteiger partial charge in [-0.15, -0.1) is 0 Å². The largest absolute Gasteiger partial charge is 0.487 e. The summed E-state index contributed by atoms with van der Waals surface area (Å²) in [7, 11) is 0. The number of hydrogen-bond donors (Lipinski definition) is 1. The lowest BCUT2D eigenvalue weighted by Gasteiger charge is -2.38. The van der Waals surface area contributed by atoms with E-state index in [9.17, 15) is 9.59 Å². The Labute approximate surface area is 157 Å². The molecule has 1 amide bonds. The SMILES string of the molecule is Cc1cccc(OC2CN(C(=O)c3ccc(-c4ccccc4)[nH]c3=O)C2)c1. The molecule has 0 bridgehead atoms. The first-order valence-electron chi connectivity index (χ1n) is 8.91. The van der Waals surface area contributed by atoms with Gasteiger partial charge in [-0.2, -0.15) is 0 Å². The smallest absolute Gasteiger partial charge is 0.261 e. The molecule has 1 aromatic heterocycles. The van der Waals surface area contributed by atoms with Gasteiger partial charge >= 0.3 is 0 Å². The average molecular weight is 360 g/mol. The highest BCUT2D eigenvalue weighted by molar-refractivity contribution is 5.94. The highest BCUT2D eigenvalue weighted by atomic mass is 16.5. The molecule has 0 aliphatic carbocycles. The zero-order valence-electron chi connectivity index (χ0n) is 15.0. The number of hydrogen-bond acceptors (Lipinski definition) is 3. The zero-order valence-corrected chi connectivity index (χ0v) is 15.0. The number of aryl methyl sites for hydroxylation is 1. The third-order valence-corrected chi connectivity index (χ3v) is 4.65. The Kier molecular flexibility index (Phi) is 4.50. The third kappa shape index (κ3) is 3.62. The van der Waals surface area contributed by atoms with E-state index >= 15 is 0 Å². The van der Waals surface area contributed by atoms with E-state index in [2.05, 4.69) is 4.98 Å². The summed E-state index contributed by atoms with van der Waals surface area (Å²) in [5.74, 6) is 0.539.